The van der Waals surface area contributed by atoms with Crippen LogP contribution in [0.2, 0.25) is 0 Å². The van der Waals surface area contributed by atoms with Crippen LogP contribution in [-0.2, 0) is 20.8 Å². The first-order chi connectivity index (χ1) is 12.6. The topological polar surface area (TPSA) is 72.6 Å². The summed E-state index contributed by atoms with van der Waals surface area (Å²) in [5.41, 5.74) is 4.84. The van der Waals surface area contributed by atoms with Crippen LogP contribution in [0, 0.1) is 11.7 Å². The lowest BCUT2D eigenvalue weighted by Crippen LogP contribution is -2.32. The molecule has 0 aromatic heterocycles. The predicted octanol–water partition coefficient (Wildman–Crippen LogP) is 2.65. The van der Waals surface area contributed by atoms with Gasteiger partial charge in [0.25, 0.3) is 0 Å². The fraction of sp³-hybridized carbons (Fsp3) is 0.412. The molecule has 2 heterocycles. The molecule has 1 atom stereocenters. The van der Waals surface area contributed by atoms with Crippen LogP contribution < -0.4 is 5.73 Å². The number of allylic oxidation sites excluding steroid dienone is 1. The van der Waals surface area contributed by atoms with Crippen molar-refractivity contribution in [3.63, 3.8) is 0 Å². The number of hydrogen-bond donors (Lipinski definition) is 1. The van der Waals surface area contributed by atoms with E-state index in [0.717, 1.165) is 6.42 Å². The quantitative estimate of drug-likeness (QED) is 0.779. The maximum atomic E-state index is 14.2. The summed E-state index contributed by atoms with van der Waals surface area (Å²) < 4.78 is 83.0. The second kappa shape index (κ2) is 7.16. The summed E-state index contributed by atoms with van der Waals surface area (Å²) in [6.45, 7) is 2.02. The largest absolute Gasteiger partial charge is 0.416 e. The maximum absolute atomic E-state index is 14.2. The van der Waals surface area contributed by atoms with E-state index < -0.39 is 32.3 Å². The van der Waals surface area contributed by atoms with Crippen LogP contribution in [0.15, 0.2) is 46.0 Å². The zero-order chi connectivity index (χ0) is 19.8. The van der Waals surface area contributed by atoms with Crippen LogP contribution in [0.4, 0.5) is 17.6 Å². The van der Waals surface area contributed by atoms with Crippen LogP contribution in [-0.4, -0.2) is 39.6 Å². The Morgan fingerprint density at radius 2 is 2.04 bits per heavy atom. The molecule has 0 spiro atoms. The van der Waals surface area contributed by atoms with E-state index in [1.807, 2.05) is 0 Å². The molecule has 5 nitrogen and oxygen atoms in total. The summed E-state index contributed by atoms with van der Waals surface area (Å²) in [5.74, 6) is -1.24. The molecule has 3 rings (SSSR count). The van der Waals surface area contributed by atoms with E-state index in [-0.39, 0.29) is 22.6 Å². The molecule has 0 radical (unpaired) electrons. The van der Waals surface area contributed by atoms with Crippen molar-refractivity contribution in [2.45, 2.75) is 17.5 Å². The van der Waals surface area contributed by atoms with Gasteiger partial charge >= 0.3 is 6.18 Å². The van der Waals surface area contributed by atoms with Gasteiger partial charge < -0.3 is 15.4 Å². The van der Waals surface area contributed by atoms with Crippen LogP contribution in [0.3, 0.4) is 0 Å². The molecule has 0 saturated carbocycles. The first-order valence-corrected chi connectivity index (χ1v) is 9.67. The fourth-order valence-corrected chi connectivity index (χ4v) is 4.48. The summed E-state index contributed by atoms with van der Waals surface area (Å²) in [5, 5.41) is 0. The molecule has 1 fully saturated rings. The maximum Gasteiger partial charge on any atom is 0.416 e. The van der Waals surface area contributed by atoms with Crippen molar-refractivity contribution in [2.24, 2.45) is 11.7 Å². The number of ether oxygens (including phenoxy) is 1. The van der Waals surface area contributed by atoms with Gasteiger partial charge in [-0.25, -0.2) is 12.8 Å². The lowest BCUT2D eigenvalue weighted by molar-refractivity contribution is -0.137. The summed E-state index contributed by atoms with van der Waals surface area (Å²) >= 11 is 0. The molecule has 0 amide bonds. The monoisotopic (exact) mass is 406 g/mol. The number of hydrogen-bond acceptors (Lipinski definition) is 5. The lowest BCUT2D eigenvalue weighted by Gasteiger charge is -2.27. The first kappa shape index (κ1) is 19.7. The van der Waals surface area contributed by atoms with Crippen molar-refractivity contribution in [2.75, 3.05) is 26.3 Å². The molecule has 1 saturated heterocycles. The van der Waals surface area contributed by atoms with Gasteiger partial charge in [-0.3, -0.25) is 0 Å². The van der Waals surface area contributed by atoms with E-state index in [2.05, 4.69) is 0 Å². The van der Waals surface area contributed by atoms with E-state index in [9.17, 15) is 26.0 Å². The molecule has 0 unspecified atom stereocenters. The van der Waals surface area contributed by atoms with Gasteiger partial charge in [-0.15, -0.1) is 0 Å². The Balaban J connectivity index is 1.91. The number of nitrogens with zero attached hydrogens (tertiary/aromatic N) is 1. The Morgan fingerprint density at radius 3 is 2.63 bits per heavy atom. The Labute approximate surface area is 154 Å². The van der Waals surface area contributed by atoms with E-state index >= 15 is 0 Å². The molecule has 2 aliphatic heterocycles. The van der Waals surface area contributed by atoms with Crippen LogP contribution in [0.25, 0.3) is 0 Å². The molecule has 1 aromatic carbocycles. The van der Waals surface area contributed by atoms with Crippen molar-refractivity contribution in [1.82, 2.24) is 4.90 Å². The lowest BCUT2D eigenvalue weighted by atomic mass is 10.1. The fourth-order valence-electron chi connectivity index (χ4n) is 3.07. The highest BCUT2D eigenvalue weighted by atomic mass is 32.2. The molecule has 10 heteroatoms. The minimum Gasteiger partial charge on any atom is -0.401 e. The summed E-state index contributed by atoms with van der Waals surface area (Å²) in [6.07, 6.45) is -1.38. The molecule has 2 N–H and O–H groups in total. The van der Waals surface area contributed by atoms with Crippen LogP contribution in [0.5, 0.6) is 0 Å². The average molecular weight is 406 g/mol. The highest BCUT2D eigenvalue weighted by Gasteiger charge is 2.33. The minimum atomic E-state index is -4.77. The summed E-state index contributed by atoms with van der Waals surface area (Å²) in [7, 11) is -4.36. The smallest absolute Gasteiger partial charge is 0.401 e. The molecule has 27 heavy (non-hydrogen) atoms. The second-order valence-corrected chi connectivity index (χ2v) is 8.47. The summed E-state index contributed by atoms with van der Waals surface area (Å²) in [4.78, 5) is 0.615. The van der Waals surface area contributed by atoms with Gasteiger partial charge in [-0.05, 0) is 30.7 Å². The second-order valence-electron chi connectivity index (χ2n) is 6.56. The number of halogens is 4. The van der Waals surface area contributed by atoms with Gasteiger partial charge in [0.15, 0.2) is 0 Å². The highest BCUT2D eigenvalue weighted by molar-refractivity contribution is 7.95. The zero-order valence-corrected chi connectivity index (χ0v) is 15.0. The zero-order valence-electron chi connectivity index (χ0n) is 14.2. The SMILES string of the molecule is NC1=CC(S(=O)(=O)c2ccc(C(F)(F)F)cc2F)=CN(C[C@@H]2CCOC2)C1. The Kier molecular flexibility index (Phi) is 5.22. The summed E-state index contributed by atoms with van der Waals surface area (Å²) in [6, 6.07) is 1.35. The first-order valence-electron chi connectivity index (χ1n) is 8.19. The number of benzene rings is 1. The van der Waals surface area contributed by atoms with Crippen LogP contribution >= 0.6 is 0 Å². The third-order valence-corrected chi connectivity index (χ3v) is 6.15. The molecule has 148 valence electrons. The molecular formula is C17H18F4N2O3S. The van der Waals surface area contributed by atoms with Gasteiger partial charge in [0.1, 0.15) is 10.7 Å². The van der Waals surface area contributed by atoms with E-state index in [1.165, 1.54) is 12.3 Å². The normalized spacial score (nSPS) is 21.2. The van der Waals surface area contributed by atoms with Gasteiger partial charge in [0.05, 0.1) is 23.6 Å². The molecular weight excluding hydrogens is 388 g/mol. The molecule has 1 aromatic rings. The number of sulfone groups is 1. The van der Waals surface area contributed by atoms with E-state index in [1.54, 1.807) is 4.90 Å². The van der Waals surface area contributed by atoms with Crippen molar-refractivity contribution in [1.29, 1.82) is 0 Å². The average Bonchev–Trinajstić information content (AvgIpc) is 3.06. The number of nitrogens with two attached hydrogens (primary N) is 1. The third-order valence-electron chi connectivity index (χ3n) is 4.40. The Bertz CT molecular complexity index is 888. The molecule has 2 aliphatic rings. The van der Waals surface area contributed by atoms with Gasteiger partial charge in [-0.2, -0.15) is 13.2 Å². The van der Waals surface area contributed by atoms with E-state index in [0.29, 0.717) is 38.4 Å². The Hall–Kier alpha value is -2.07. The number of rotatable bonds is 4. The van der Waals surface area contributed by atoms with Gasteiger partial charge in [-0.1, -0.05) is 0 Å². The third kappa shape index (κ3) is 4.27. The van der Waals surface area contributed by atoms with Gasteiger partial charge in [0.2, 0.25) is 9.84 Å². The van der Waals surface area contributed by atoms with Gasteiger partial charge in [0, 0.05) is 31.0 Å². The molecule has 0 aliphatic carbocycles. The highest BCUT2D eigenvalue weighted by Crippen LogP contribution is 2.33. The standard InChI is InChI=1S/C17H18F4N2O3S/c18-15-5-12(17(19,20)21)1-2-16(15)27(24,25)14-6-13(22)8-23(9-14)7-11-3-4-26-10-11/h1-2,5-6,9,11H,3-4,7-8,10,22H2/t11-/m0/s1. The van der Waals surface area contributed by atoms with Crippen molar-refractivity contribution < 1.29 is 30.7 Å². The van der Waals surface area contributed by atoms with Crippen molar-refractivity contribution in [3.8, 4) is 0 Å². The predicted molar refractivity (Wildman–Crippen MR) is 89.4 cm³/mol. The number of alkyl halides is 3. The molecule has 0 bridgehead atoms. The van der Waals surface area contributed by atoms with Crippen molar-refractivity contribution in [3.05, 3.63) is 52.5 Å². The van der Waals surface area contributed by atoms with Crippen molar-refractivity contribution >= 4 is 9.84 Å². The van der Waals surface area contributed by atoms with Crippen LogP contribution in [0.1, 0.15) is 12.0 Å². The van der Waals surface area contributed by atoms with E-state index in [4.69, 9.17) is 10.5 Å². The Morgan fingerprint density at radius 1 is 1.30 bits per heavy atom. The minimum absolute atomic E-state index is 0.178.